The van der Waals surface area contributed by atoms with Crippen molar-refractivity contribution in [2.24, 2.45) is 0 Å². The third-order valence-electron chi connectivity index (χ3n) is 4.96. The summed E-state index contributed by atoms with van der Waals surface area (Å²) in [6, 6.07) is 13.9. The third kappa shape index (κ3) is 4.23. The molecule has 0 unspecified atom stereocenters. The normalized spacial score (nSPS) is 10.9. The predicted octanol–water partition coefficient (Wildman–Crippen LogP) is 4.68. The van der Waals surface area contributed by atoms with Gasteiger partial charge in [0.25, 0.3) is 0 Å². The molecule has 0 aliphatic heterocycles. The maximum Gasteiger partial charge on any atom is 0.231 e. The van der Waals surface area contributed by atoms with Gasteiger partial charge in [-0.15, -0.1) is 0 Å². The first-order valence-corrected chi connectivity index (χ1v) is 11.1. The van der Waals surface area contributed by atoms with Crippen molar-refractivity contribution in [3.8, 4) is 11.4 Å². The fraction of sp³-hybridized carbons (Fsp3) is 0.130. The van der Waals surface area contributed by atoms with Gasteiger partial charge in [-0.05, 0) is 47.7 Å². The summed E-state index contributed by atoms with van der Waals surface area (Å²) in [5, 5.41) is 10.8. The van der Waals surface area contributed by atoms with Crippen molar-refractivity contribution in [2.75, 3.05) is 24.3 Å². The quantitative estimate of drug-likeness (QED) is 0.360. The van der Waals surface area contributed by atoms with Crippen molar-refractivity contribution >= 4 is 40.0 Å². The molecule has 1 aromatic carbocycles. The zero-order valence-corrected chi connectivity index (χ0v) is 18.2. The number of fused-ring (bicyclic) bond motifs is 1. The average molecular weight is 444 g/mol. The SMILES string of the molecule is COc1ccc(CCNc2nc(Nc3cccnc3)nc3c2ncn3-c2ccsc2)cc1. The van der Waals surface area contributed by atoms with Crippen LogP contribution in [0.25, 0.3) is 16.9 Å². The average Bonchev–Trinajstić information content (AvgIpc) is 3.50. The van der Waals surface area contributed by atoms with Gasteiger partial charge in [0.2, 0.25) is 5.95 Å². The molecule has 9 heteroatoms. The minimum atomic E-state index is 0.481. The van der Waals surface area contributed by atoms with E-state index in [-0.39, 0.29) is 0 Å². The first-order chi connectivity index (χ1) is 15.8. The molecule has 4 aromatic heterocycles. The molecule has 0 spiro atoms. The Morgan fingerprint density at radius 2 is 2.00 bits per heavy atom. The van der Waals surface area contributed by atoms with E-state index in [1.165, 1.54) is 5.56 Å². The smallest absolute Gasteiger partial charge is 0.231 e. The first-order valence-electron chi connectivity index (χ1n) is 10.1. The molecule has 5 rings (SSSR count). The van der Waals surface area contributed by atoms with Gasteiger partial charge < -0.3 is 15.4 Å². The van der Waals surface area contributed by atoms with Crippen LogP contribution in [0.5, 0.6) is 5.75 Å². The van der Waals surface area contributed by atoms with Gasteiger partial charge in [0.05, 0.1) is 24.7 Å². The predicted molar refractivity (Wildman–Crippen MR) is 127 cm³/mol. The summed E-state index contributed by atoms with van der Waals surface area (Å²) in [4.78, 5) is 18.2. The highest BCUT2D eigenvalue weighted by Crippen LogP contribution is 2.25. The minimum Gasteiger partial charge on any atom is -0.497 e. The highest BCUT2D eigenvalue weighted by Gasteiger charge is 2.15. The second-order valence-electron chi connectivity index (χ2n) is 7.06. The van der Waals surface area contributed by atoms with Gasteiger partial charge in [-0.3, -0.25) is 9.55 Å². The first kappa shape index (κ1) is 20.0. The number of nitrogens with zero attached hydrogens (tertiary/aromatic N) is 5. The summed E-state index contributed by atoms with van der Waals surface area (Å²) in [7, 11) is 1.67. The van der Waals surface area contributed by atoms with Crippen molar-refractivity contribution in [3.63, 3.8) is 0 Å². The largest absolute Gasteiger partial charge is 0.497 e. The second-order valence-corrected chi connectivity index (χ2v) is 7.84. The topological polar surface area (TPSA) is 89.8 Å². The standard InChI is InChI=1S/C23H21N7OS/c1-31-19-6-4-16(5-7-19)8-11-25-21-20-22(30(15-26-20)18-9-12-32-14-18)29-23(28-21)27-17-3-2-10-24-13-17/h2-7,9-10,12-15H,8,11H2,1H3,(H2,25,27,28,29). The molecular formula is C23H21N7OS. The van der Waals surface area contributed by atoms with E-state index in [0.717, 1.165) is 34.7 Å². The lowest BCUT2D eigenvalue weighted by Gasteiger charge is -2.11. The molecule has 2 N–H and O–H groups in total. The Morgan fingerprint density at radius 3 is 2.75 bits per heavy atom. The summed E-state index contributed by atoms with van der Waals surface area (Å²) in [5.41, 5.74) is 4.51. The number of hydrogen-bond donors (Lipinski definition) is 2. The lowest BCUT2D eigenvalue weighted by Crippen LogP contribution is -2.09. The number of imidazole rings is 1. The van der Waals surface area contributed by atoms with Gasteiger partial charge in [-0.25, -0.2) is 4.98 Å². The number of nitrogens with one attached hydrogen (secondary N) is 2. The Labute approximate surface area is 189 Å². The zero-order chi connectivity index (χ0) is 21.8. The lowest BCUT2D eigenvalue weighted by molar-refractivity contribution is 0.414. The number of ether oxygens (including phenoxy) is 1. The lowest BCUT2D eigenvalue weighted by atomic mass is 10.1. The van der Waals surface area contributed by atoms with Crippen LogP contribution in [0.3, 0.4) is 0 Å². The summed E-state index contributed by atoms with van der Waals surface area (Å²) in [6.45, 7) is 0.704. The van der Waals surface area contributed by atoms with Crippen LogP contribution in [0.15, 0.2) is 71.9 Å². The molecule has 0 aliphatic rings. The molecule has 0 amide bonds. The fourth-order valence-electron chi connectivity index (χ4n) is 3.35. The van der Waals surface area contributed by atoms with Gasteiger partial charge in [0.1, 0.15) is 12.1 Å². The van der Waals surface area contributed by atoms with Gasteiger partial charge in [-0.1, -0.05) is 12.1 Å². The van der Waals surface area contributed by atoms with Crippen LogP contribution in [-0.2, 0) is 6.42 Å². The maximum atomic E-state index is 5.23. The van der Waals surface area contributed by atoms with Crippen molar-refractivity contribution in [3.05, 3.63) is 77.5 Å². The highest BCUT2D eigenvalue weighted by atomic mass is 32.1. The van der Waals surface area contributed by atoms with E-state index >= 15 is 0 Å². The Kier molecular flexibility index (Phi) is 5.63. The fourth-order valence-corrected chi connectivity index (χ4v) is 3.97. The number of thiophene rings is 1. The molecular weight excluding hydrogens is 422 g/mol. The highest BCUT2D eigenvalue weighted by molar-refractivity contribution is 7.08. The van der Waals surface area contributed by atoms with Crippen molar-refractivity contribution in [1.29, 1.82) is 0 Å². The number of benzene rings is 1. The van der Waals surface area contributed by atoms with Crippen LogP contribution in [0.2, 0.25) is 0 Å². The molecule has 0 bridgehead atoms. The minimum absolute atomic E-state index is 0.481. The second kappa shape index (κ2) is 9.03. The van der Waals surface area contributed by atoms with E-state index < -0.39 is 0 Å². The van der Waals surface area contributed by atoms with E-state index in [4.69, 9.17) is 14.7 Å². The van der Waals surface area contributed by atoms with Gasteiger partial charge in [0.15, 0.2) is 17.0 Å². The molecule has 4 heterocycles. The van der Waals surface area contributed by atoms with Gasteiger partial charge >= 0.3 is 0 Å². The Hall–Kier alpha value is -3.98. The van der Waals surface area contributed by atoms with E-state index in [2.05, 4.69) is 38.1 Å². The monoisotopic (exact) mass is 443 g/mol. The van der Waals surface area contributed by atoms with Gasteiger partial charge in [0, 0.05) is 18.1 Å². The molecule has 0 radical (unpaired) electrons. The summed E-state index contributed by atoms with van der Waals surface area (Å²) in [6.07, 6.45) is 6.09. The van der Waals surface area contributed by atoms with Crippen molar-refractivity contribution in [2.45, 2.75) is 6.42 Å². The number of rotatable bonds is 8. The summed E-state index contributed by atoms with van der Waals surface area (Å²) < 4.78 is 7.20. The van der Waals surface area contributed by atoms with Crippen molar-refractivity contribution in [1.82, 2.24) is 24.5 Å². The van der Waals surface area contributed by atoms with Gasteiger partial charge in [-0.2, -0.15) is 21.3 Å². The molecule has 160 valence electrons. The molecule has 5 aromatic rings. The number of methoxy groups -OCH3 is 1. The van der Waals surface area contributed by atoms with Crippen LogP contribution in [-0.4, -0.2) is 38.2 Å². The molecule has 0 saturated carbocycles. The van der Waals surface area contributed by atoms with Crippen LogP contribution >= 0.6 is 11.3 Å². The number of pyridine rings is 1. The molecule has 0 atom stereocenters. The maximum absolute atomic E-state index is 5.23. The molecule has 0 saturated heterocycles. The number of aromatic nitrogens is 5. The molecule has 0 fully saturated rings. The Balaban J connectivity index is 1.44. The summed E-state index contributed by atoms with van der Waals surface area (Å²) in [5.74, 6) is 2.02. The molecule has 0 aliphatic carbocycles. The van der Waals surface area contributed by atoms with Crippen LogP contribution in [0.1, 0.15) is 5.56 Å². The number of hydrogen-bond acceptors (Lipinski definition) is 8. The van der Waals surface area contributed by atoms with E-state index in [1.54, 1.807) is 37.2 Å². The summed E-state index contributed by atoms with van der Waals surface area (Å²) >= 11 is 1.63. The van der Waals surface area contributed by atoms with Crippen LogP contribution < -0.4 is 15.4 Å². The molecule has 32 heavy (non-hydrogen) atoms. The Morgan fingerprint density at radius 1 is 1.09 bits per heavy atom. The Bertz CT molecular complexity index is 1300. The zero-order valence-electron chi connectivity index (χ0n) is 17.4. The van der Waals surface area contributed by atoms with Crippen LogP contribution in [0.4, 0.5) is 17.5 Å². The van der Waals surface area contributed by atoms with E-state index in [1.807, 2.05) is 40.3 Å². The van der Waals surface area contributed by atoms with E-state index in [9.17, 15) is 0 Å². The molecule has 8 nitrogen and oxygen atoms in total. The van der Waals surface area contributed by atoms with Crippen molar-refractivity contribution < 1.29 is 4.74 Å². The third-order valence-corrected chi connectivity index (χ3v) is 5.63. The van der Waals surface area contributed by atoms with E-state index in [0.29, 0.717) is 18.3 Å². The number of anilines is 3. The van der Waals surface area contributed by atoms with Crippen LogP contribution in [0, 0.1) is 0 Å².